The van der Waals surface area contributed by atoms with E-state index in [9.17, 15) is 9.59 Å². The smallest absolute Gasteiger partial charge is 0.408 e. The number of hydrogen-bond donors (Lipinski definition) is 1. The largest absolute Gasteiger partial charge is 0.467 e. The first kappa shape index (κ1) is 15.5. The van der Waals surface area contributed by atoms with Crippen LogP contribution in [-0.2, 0) is 14.3 Å². The van der Waals surface area contributed by atoms with Gasteiger partial charge in [0.1, 0.15) is 11.6 Å². The predicted octanol–water partition coefficient (Wildman–Crippen LogP) is 1.88. The molecule has 94 valence electrons. The summed E-state index contributed by atoms with van der Waals surface area (Å²) in [5.41, 5.74) is -0.584. The number of methoxy groups -OCH3 is 1. The zero-order chi connectivity index (χ0) is 12.9. The summed E-state index contributed by atoms with van der Waals surface area (Å²) in [4.78, 5) is 22.8. The van der Waals surface area contributed by atoms with E-state index in [-0.39, 0.29) is 3.92 Å². The number of carbonyl (C=O) groups is 2. The van der Waals surface area contributed by atoms with Gasteiger partial charge in [0.25, 0.3) is 0 Å². The SMILES string of the molecule is COC(=O)C(NC(=O)OC(C)(C)C)C(C)I. The maximum atomic E-state index is 11.4. The summed E-state index contributed by atoms with van der Waals surface area (Å²) < 4.78 is 9.56. The minimum absolute atomic E-state index is 0.0856. The topological polar surface area (TPSA) is 64.6 Å². The van der Waals surface area contributed by atoms with Gasteiger partial charge in [-0.1, -0.05) is 29.5 Å². The molecule has 0 radical (unpaired) electrons. The van der Waals surface area contributed by atoms with Crippen molar-refractivity contribution in [1.29, 1.82) is 0 Å². The molecule has 2 atom stereocenters. The second-order valence-electron chi connectivity index (χ2n) is 4.32. The number of halogens is 1. The quantitative estimate of drug-likeness (QED) is 0.483. The Morgan fingerprint density at radius 2 is 1.81 bits per heavy atom. The fraction of sp³-hybridized carbons (Fsp3) is 0.800. The van der Waals surface area contributed by atoms with Crippen LogP contribution in [0.3, 0.4) is 0 Å². The van der Waals surface area contributed by atoms with Gasteiger partial charge in [0.05, 0.1) is 7.11 Å². The molecule has 0 fully saturated rings. The highest BCUT2D eigenvalue weighted by atomic mass is 127. The van der Waals surface area contributed by atoms with E-state index in [1.165, 1.54) is 7.11 Å². The summed E-state index contributed by atoms with van der Waals surface area (Å²) in [5.74, 6) is -0.479. The number of hydrogen-bond acceptors (Lipinski definition) is 4. The Hall–Kier alpha value is -0.530. The van der Waals surface area contributed by atoms with Gasteiger partial charge in [-0.05, 0) is 20.8 Å². The fourth-order valence-electron chi connectivity index (χ4n) is 0.923. The third-order valence-electron chi connectivity index (χ3n) is 1.59. The van der Waals surface area contributed by atoms with Gasteiger partial charge in [-0.2, -0.15) is 0 Å². The summed E-state index contributed by atoms with van der Waals surface area (Å²) >= 11 is 2.04. The lowest BCUT2D eigenvalue weighted by molar-refractivity contribution is -0.142. The molecule has 0 saturated carbocycles. The van der Waals surface area contributed by atoms with E-state index in [0.29, 0.717) is 0 Å². The van der Waals surface area contributed by atoms with Crippen LogP contribution in [0.2, 0.25) is 0 Å². The normalized spacial score (nSPS) is 14.9. The molecule has 1 N–H and O–H groups in total. The van der Waals surface area contributed by atoms with Crippen molar-refractivity contribution in [2.75, 3.05) is 7.11 Å². The van der Waals surface area contributed by atoms with Crippen LogP contribution < -0.4 is 5.32 Å². The van der Waals surface area contributed by atoms with Gasteiger partial charge in [0.2, 0.25) is 0 Å². The van der Waals surface area contributed by atoms with Crippen LogP contribution in [0.4, 0.5) is 4.79 Å². The molecule has 0 spiro atoms. The molecule has 0 aliphatic carbocycles. The molecule has 1 amide bonds. The van der Waals surface area contributed by atoms with Gasteiger partial charge in [-0.25, -0.2) is 9.59 Å². The molecule has 6 heteroatoms. The first-order chi connectivity index (χ1) is 7.17. The molecule has 0 aromatic carbocycles. The highest BCUT2D eigenvalue weighted by Gasteiger charge is 2.28. The van der Waals surface area contributed by atoms with E-state index in [1.54, 1.807) is 27.7 Å². The Balaban J connectivity index is 4.42. The maximum absolute atomic E-state index is 11.4. The molecule has 0 aliphatic rings. The van der Waals surface area contributed by atoms with Gasteiger partial charge >= 0.3 is 12.1 Å². The van der Waals surface area contributed by atoms with Crippen LogP contribution >= 0.6 is 22.6 Å². The zero-order valence-corrected chi connectivity index (χ0v) is 12.3. The second-order valence-corrected chi connectivity index (χ2v) is 6.29. The Kier molecular flexibility index (Phi) is 6.06. The number of alkyl carbamates (subject to hydrolysis) is 1. The Labute approximate surface area is 109 Å². The van der Waals surface area contributed by atoms with Crippen LogP contribution in [-0.4, -0.2) is 34.7 Å². The summed E-state index contributed by atoms with van der Waals surface area (Å²) in [7, 11) is 1.28. The molecular weight excluding hydrogens is 325 g/mol. The summed E-state index contributed by atoms with van der Waals surface area (Å²) in [6.07, 6.45) is -0.619. The van der Waals surface area contributed by atoms with Crippen molar-refractivity contribution in [1.82, 2.24) is 5.32 Å². The van der Waals surface area contributed by atoms with Crippen molar-refractivity contribution < 1.29 is 19.1 Å². The van der Waals surface area contributed by atoms with E-state index in [1.807, 2.05) is 22.6 Å². The van der Waals surface area contributed by atoms with Crippen LogP contribution in [0, 0.1) is 0 Å². The zero-order valence-electron chi connectivity index (χ0n) is 10.2. The highest BCUT2D eigenvalue weighted by molar-refractivity contribution is 14.1. The molecule has 0 aliphatic heterocycles. The van der Waals surface area contributed by atoms with Gasteiger partial charge in [0.15, 0.2) is 0 Å². The lowest BCUT2D eigenvalue weighted by Crippen LogP contribution is -2.47. The van der Waals surface area contributed by atoms with Gasteiger partial charge < -0.3 is 14.8 Å². The minimum atomic E-state index is -0.694. The van der Waals surface area contributed by atoms with E-state index in [4.69, 9.17) is 4.74 Å². The number of rotatable bonds is 3. The Morgan fingerprint density at radius 3 is 2.12 bits per heavy atom. The molecule has 5 nitrogen and oxygen atoms in total. The second kappa shape index (κ2) is 6.27. The van der Waals surface area contributed by atoms with Gasteiger partial charge in [-0.15, -0.1) is 0 Å². The molecule has 16 heavy (non-hydrogen) atoms. The number of carbonyl (C=O) groups excluding carboxylic acids is 2. The monoisotopic (exact) mass is 343 g/mol. The Morgan fingerprint density at radius 1 is 1.31 bits per heavy atom. The van der Waals surface area contributed by atoms with Crippen LogP contribution in [0.5, 0.6) is 0 Å². The van der Waals surface area contributed by atoms with Gasteiger partial charge in [-0.3, -0.25) is 0 Å². The lowest BCUT2D eigenvalue weighted by atomic mass is 10.2. The standard InChI is InChI=1S/C10H18INO4/c1-6(11)7(8(13)15-5)12-9(14)16-10(2,3)4/h6-7H,1-5H3,(H,12,14). The first-order valence-electron chi connectivity index (χ1n) is 4.89. The Bertz CT molecular complexity index is 260. The van der Waals surface area contributed by atoms with Crippen molar-refractivity contribution in [3.05, 3.63) is 0 Å². The molecule has 0 aromatic heterocycles. The first-order valence-corrected chi connectivity index (χ1v) is 6.13. The van der Waals surface area contributed by atoms with Crippen molar-refractivity contribution in [3.8, 4) is 0 Å². The van der Waals surface area contributed by atoms with Crippen molar-refractivity contribution in [3.63, 3.8) is 0 Å². The van der Waals surface area contributed by atoms with Crippen molar-refractivity contribution in [2.24, 2.45) is 0 Å². The highest BCUT2D eigenvalue weighted by Crippen LogP contribution is 2.10. The summed E-state index contributed by atoms with van der Waals surface area (Å²) in [5, 5.41) is 2.48. The number of esters is 1. The number of ether oxygens (including phenoxy) is 2. The fourth-order valence-corrected chi connectivity index (χ4v) is 1.40. The molecule has 0 aromatic rings. The predicted molar refractivity (Wildman–Crippen MR) is 68.7 cm³/mol. The van der Waals surface area contributed by atoms with Crippen LogP contribution in [0.15, 0.2) is 0 Å². The maximum Gasteiger partial charge on any atom is 0.408 e. The molecule has 0 saturated heterocycles. The average molecular weight is 343 g/mol. The third-order valence-corrected chi connectivity index (χ3v) is 2.31. The van der Waals surface area contributed by atoms with E-state index in [2.05, 4.69) is 10.1 Å². The van der Waals surface area contributed by atoms with E-state index >= 15 is 0 Å². The average Bonchev–Trinajstić information content (AvgIpc) is 2.09. The summed E-state index contributed by atoms with van der Waals surface area (Å²) in [6.45, 7) is 7.08. The number of amides is 1. The molecule has 0 heterocycles. The third kappa shape index (κ3) is 6.14. The molecular formula is C10H18INO4. The number of nitrogens with one attached hydrogen (secondary N) is 1. The van der Waals surface area contributed by atoms with E-state index in [0.717, 1.165) is 0 Å². The number of alkyl halides is 1. The van der Waals surface area contributed by atoms with Crippen LogP contribution in [0.25, 0.3) is 0 Å². The van der Waals surface area contributed by atoms with Crippen molar-refractivity contribution in [2.45, 2.75) is 43.3 Å². The molecule has 0 bridgehead atoms. The lowest BCUT2D eigenvalue weighted by Gasteiger charge is -2.23. The molecule has 0 rings (SSSR count). The van der Waals surface area contributed by atoms with Gasteiger partial charge in [0, 0.05) is 3.92 Å². The van der Waals surface area contributed by atoms with E-state index < -0.39 is 23.7 Å². The van der Waals surface area contributed by atoms with Crippen LogP contribution in [0.1, 0.15) is 27.7 Å². The minimum Gasteiger partial charge on any atom is -0.467 e. The van der Waals surface area contributed by atoms with Crippen molar-refractivity contribution >= 4 is 34.7 Å². The summed E-state index contributed by atoms with van der Waals surface area (Å²) in [6, 6.07) is -0.694. The molecule has 2 unspecified atom stereocenters.